The van der Waals surface area contributed by atoms with Crippen LogP contribution in [0.3, 0.4) is 0 Å². The maximum Gasteiger partial charge on any atom is 0.239 e. The Morgan fingerprint density at radius 2 is 2.11 bits per heavy atom. The van der Waals surface area contributed by atoms with Gasteiger partial charge in [0.25, 0.3) is 0 Å². The van der Waals surface area contributed by atoms with E-state index in [1.165, 1.54) is 32.4 Å². The molecule has 0 unspecified atom stereocenters. The molecule has 1 aliphatic heterocycles. The van der Waals surface area contributed by atoms with Gasteiger partial charge in [0.1, 0.15) is 5.82 Å². The highest BCUT2D eigenvalue weighted by atomic mass is 15.3. The molecule has 100 valence electrons. The lowest BCUT2D eigenvalue weighted by Gasteiger charge is -2.26. The van der Waals surface area contributed by atoms with Crippen molar-refractivity contribution < 1.29 is 0 Å². The van der Waals surface area contributed by atoms with Crippen molar-refractivity contribution >= 4 is 11.8 Å². The number of aryl methyl sites for hydroxylation is 1. The molecule has 0 bridgehead atoms. The van der Waals surface area contributed by atoms with Crippen LogP contribution in [0.2, 0.25) is 0 Å². The SMILES string of the molecule is Cc1cnc(NN)nc1NCCN1CCCCC1. The van der Waals surface area contributed by atoms with Gasteiger partial charge >= 0.3 is 0 Å². The van der Waals surface area contributed by atoms with Crippen molar-refractivity contribution in [2.45, 2.75) is 26.2 Å². The van der Waals surface area contributed by atoms with Gasteiger partial charge in [-0.15, -0.1) is 0 Å². The number of hydrogen-bond acceptors (Lipinski definition) is 6. The number of aromatic nitrogens is 2. The van der Waals surface area contributed by atoms with Gasteiger partial charge < -0.3 is 10.2 Å². The molecule has 1 saturated heterocycles. The Kier molecular flexibility index (Phi) is 4.72. The van der Waals surface area contributed by atoms with Crippen LogP contribution in [0.25, 0.3) is 0 Å². The molecule has 6 heteroatoms. The lowest BCUT2D eigenvalue weighted by Crippen LogP contribution is -2.33. The van der Waals surface area contributed by atoms with Gasteiger partial charge in [0, 0.05) is 24.8 Å². The number of nitrogens with zero attached hydrogens (tertiary/aromatic N) is 3. The third-order valence-corrected chi connectivity index (χ3v) is 3.27. The fraction of sp³-hybridized carbons (Fsp3) is 0.667. The second-order valence-electron chi connectivity index (χ2n) is 4.70. The first-order valence-corrected chi connectivity index (χ1v) is 6.56. The molecular weight excluding hydrogens is 228 g/mol. The fourth-order valence-corrected chi connectivity index (χ4v) is 2.21. The Bertz CT molecular complexity index is 375. The summed E-state index contributed by atoms with van der Waals surface area (Å²) in [5.41, 5.74) is 3.50. The van der Waals surface area contributed by atoms with Gasteiger partial charge in [0.2, 0.25) is 5.95 Å². The quantitative estimate of drug-likeness (QED) is 0.534. The van der Waals surface area contributed by atoms with Crippen LogP contribution in [0.4, 0.5) is 11.8 Å². The van der Waals surface area contributed by atoms with Crippen molar-refractivity contribution in [3.05, 3.63) is 11.8 Å². The van der Waals surface area contributed by atoms with E-state index in [1.807, 2.05) is 6.92 Å². The van der Waals surface area contributed by atoms with Gasteiger partial charge in [-0.2, -0.15) is 4.98 Å². The van der Waals surface area contributed by atoms with E-state index in [1.54, 1.807) is 6.20 Å². The van der Waals surface area contributed by atoms with Crippen LogP contribution in [0.15, 0.2) is 6.20 Å². The zero-order valence-corrected chi connectivity index (χ0v) is 10.9. The molecule has 1 aromatic rings. The molecule has 4 N–H and O–H groups in total. The van der Waals surface area contributed by atoms with Crippen LogP contribution in [0.5, 0.6) is 0 Å². The van der Waals surface area contributed by atoms with Crippen molar-refractivity contribution in [2.75, 3.05) is 36.9 Å². The van der Waals surface area contributed by atoms with Crippen molar-refractivity contribution in [3.8, 4) is 0 Å². The Morgan fingerprint density at radius 1 is 1.33 bits per heavy atom. The number of nitrogen functional groups attached to an aromatic ring is 1. The zero-order valence-electron chi connectivity index (χ0n) is 10.9. The number of nitrogens with two attached hydrogens (primary N) is 1. The molecule has 1 aromatic heterocycles. The lowest BCUT2D eigenvalue weighted by atomic mass is 10.1. The van der Waals surface area contributed by atoms with Gasteiger partial charge in [-0.05, 0) is 32.9 Å². The third-order valence-electron chi connectivity index (χ3n) is 3.27. The van der Waals surface area contributed by atoms with E-state index in [4.69, 9.17) is 5.84 Å². The predicted octanol–water partition coefficient (Wildman–Crippen LogP) is 0.968. The van der Waals surface area contributed by atoms with Crippen LogP contribution >= 0.6 is 0 Å². The van der Waals surface area contributed by atoms with Crippen molar-refractivity contribution in [2.24, 2.45) is 5.84 Å². The number of piperidine rings is 1. The Labute approximate surface area is 108 Å². The number of anilines is 2. The number of hydrogen-bond donors (Lipinski definition) is 3. The molecule has 18 heavy (non-hydrogen) atoms. The first-order chi connectivity index (χ1) is 8.79. The smallest absolute Gasteiger partial charge is 0.239 e. The highest BCUT2D eigenvalue weighted by Crippen LogP contribution is 2.12. The van der Waals surface area contributed by atoms with Crippen LogP contribution < -0.4 is 16.6 Å². The van der Waals surface area contributed by atoms with Crippen LogP contribution in [-0.2, 0) is 0 Å². The van der Waals surface area contributed by atoms with Gasteiger partial charge in [-0.1, -0.05) is 6.42 Å². The summed E-state index contributed by atoms with van der Waals surface area (Å²) in [5, 5.41) is 3.35. The first-order valence-electron chi connectivity index (χ1n) is 6.56. The number of hydrazine groups is 1. The molecule has 2 heterocycles. The van der Waals surface area contributed by atoms with Crippen molar-refractivity contribution in [1.82, 2.24) is 14.9 Å². The summed E-state index contributed by atoms with van der Waals surface area (Å²) >= 11 is 0. The molecule has 0 atom stereocenters. The van der Waals surface area contributed by atoms with Crippen LogP contribution in [0, 0.1) is 6.92 Å². The topological polar surface area (TPSA) is 79.1 Å². The zero-order chi connectivity index (χ0) is 12.8. The monoisotopic (exact) mass is 250 g/mol. The highest BCUT2D eigenvalue weighted by Gasteiger charge is 2.09. The van der Waals surface area contributed by atoms with Crippen molar-refractivity contribution in [3.63, 3.8) is 0 Å². The first kappa shape index (κ1) is 13.0. The van der Waals surface area contributed by atoms with Gasteiger partial charge in [0.05, 0.1) is 0 Å². The Balaban J connectivity index is 1.81. The summed E-state index contributed by atoms with van der Waals surface area (Å²) in [6, 6.07) is 0. The van der Waals surface area contributed by atoms with Crippen LogP contribution in [0.1, 0.15) is 24.8 Å². The van der Waals surface area contributed by atoms with E-state index in [0.717, 1.165) is 24.5 Å². The summed E-state index contributed by atoms with van der Waals surface area (Å²) in [4.78, 5) is 10.8. The number of likely N-dealkylation sites (tertiary alicyclic amines) is 1. The molecule has 0 radical (unpaired) electrons. The van der Waals surface area contributed by atoms with Gasteiger partial charge in [-0.3, -0.25) is 5.43 Å². The van der Waals surface area contributed by atoms with E-state index < -0.39 is 0 Å². The largest absolute Gasteiger partial charge is 0.368 e. The molecule has 2 rings (SSSR count). The highest BCUT2D eigenvalue weighted by molar-refractivity contribution is 5.45. The second kappa shape index (κ2) is 6.51. The van der Waals surface area contributed by atoms with Crippen molar-refractivity contribution in [1.29, 1.82) is 0 Å². The summed E-state index contributed by atoms with van der Waals surface area (Å²) in [7, 11) is 0. The molecule has 1 aliphatic rings. The van der Waals surface area contributed by atoms with E-state index in [0.29, 0.717) is 5.95 Å². The average Bonchev–Trinajstić information content (AvgIpc) is 2.42. The molecule has 6 nitrogen and oxygen atoms in total. The number of nitrogens with one attached hydrogen (secondary N) is 2. The molecule has 0 aliphatic carbocycles. The van der Waals surface area contributed by atoms with E-state index >= 15 is 0 Å². The summed E-state index contributed by atoms with van der Waals surface area (Å²) in [5.74, 6) is 6.61. The standard InChI is InChI=1S/C12H22N6/c1-10-9-15-12(17-13)16-11(10)14-5-8-18-6-3-2-4-7-18/h9H,2-8,13H2,1H3,(H2,14,15,16,17). The van der Waals surface area contributed by atoms with E-state index in [9.17, 15) is 0 Å². The maximum atomic E-state index is 5.30. The molecule has 0 aromatic carbocycles. The summed E-state index contributed by atoms with van der Waals surface area (Å²) in [6.07, 6.45) is 5.80. The van der Waals surface area contributed by atoms with E-state index in [2.05, 4.69) is 25.6 Å². The molecule has 0 saturated carbocycles. The van der Waals surface area contributed by atoms with Gasteiger partial charge in [-0.25, -0.2) is 10.8 Å². The van der Waals surface area contributed by atoms with E-state index in [-0.39, 0.29) is 0 Å². The number of rotatable bonds is 5. The fourth-order valence-electron chi connectivity index (χ4n) is 2.21. The second-order valence-corrected chi connectivity index (χ2v) is 4.70. The van der Waals surface area contributed by atoms with Gasteiger partial charge in [0.15, 0.2) is 0 Å². The predicted molar refractivity (Wildman–Crippen MR) is 73.4 cm³/mol. The molecule has 0 spiro atoms. The van der Waals surface area contributed by atoms with Crippen LogP contribution in [-0.4, -0.2) is 41.0 Å². The Hall–Kier alpha value is -1.40. The maximum absolute atomic E-state index is 5.30. The minimum atomic E-state index is 0.445. The average molecular weight is 250 g/mol. The lowest BCUT2D eigenvalue weighted by molar-refractivity contribution is 0.237. The normalized spacial score (nSPS) is 16.6. The molecular formula is C12H22N6. The minimum absolute atomic E-state index is 0.445. The minimum Gasteiger partial charge on any atom is -0.368 e. The molecule has 0 amide bonds. The third kappa shape index (κ3) is 3.54. The summed E-state index contributed by atoms with van der Waals surface area (Å²) in [6.45, 7) is 6.40. The summed E-state index contributed by atoms with van der Waals surface area (Å²) < 4.78 is 0. The Morgan fingerprint density at radius 3 is 2.83 bits per heavy atom. The molecule has 1 fully saturated rings.